The molecular weight excluding hydrogens is 326 g/mol. The number of nitrogens with zero attached hydrogens (tertiary/aromatic N) is 3. The summed E-state index contributed by atoms with van der Waals surface area (Å²) >= 11 is 6.24. The summed E-state index contributed by atoms with van der Waals surface area (Å²) in [6.07, 6.45) is 7.07. The summed E-state index contributed by atoms with van der Waals surface area (Å²) in [6, 6.07) is 2.37. The zero-order chi connectivity index (χ0) is 16.8. The second-order valence-corrected chi connectivity index (χ2v) is 6.78. The molecule has 0 aromatic carbocycles. The number of halogens is 1. The second-order valence-electron chi connectivity index (χ2n) is 6.37. The van der Waals surface area contributed by atoms with E-state index in [-0.39, 0.29) is 18.0 Å². The molecule has 1 amide bonds. The van der Waals surface area contributed by atoms with Crippen LogP contribution in [-0.2, 0) is 0 Å². The van der Waals surface area contributed by atoms with Crippen LogP contribution in [0, 0.1) is 0 Å². The van der Waals surface area contributed by atoms with Gasteiger partial charge in [0.05, 0.1) is 16.1 Å². The molecule has 2 atom stereocenters. The first-order chi connectivity index (χ1) is 11.6. The van der Waals surface area contributed by atoms with E-state index in [0.29, 0.717) is 22.1 Å². The number of hydrogen-bond donors (Lipinski definition) is 2. The van der Waals surface area contributed by atoms with E-state index in [1.807, 2.05) is 11.0 Å². The number of nitrogens with one attached hydrogen (secondary N) is 2. The van der Waals surface area contributed by atoms with Gasteiger partial charge in [-0.3, -0.25) is 4.79 Å². The third-order valence-corrected chi connectivity index (χ3v) is 5.09. The van der Waals surface area contributed by atoms with Gasteiger partial charge < -0.3 is 14.9 Å². The average molecular weight is 344 g/mol. The Morgan fingerprint density at radius 1 is 1.21 bits per heavy atom. The van der Waals surface area contributed by atoms with Gasteiger partial charge >= 0.3 is 0 Å². The van der Waals surface area contributed by atoms with E-state index in [9.17, 15) is 4.79 Å². The molecule has 1 aliphatic heterocycles. The van der Waals surface area contributed by atoms with Crippen molar-refractivity contribution in [1.82, 2.24) is 24.8 Å². The lowest BCUT2D eigenvalue weighted by Gasteiger charge is -2.25. The number of aromatic nitrogens is 4. The predicted octanol–water partition coefficient (Wildman–Crippen LogP) is 3.62. The van der Waals surface area contributed by atoms with E-state index in [1.165, 1.54) is 6.33 Å². The van der Waals surface area contributed by atoms with Crippen molar-refractivity contribution in [3.05, 3.63) is 35.5 Å². The van der Waals surface area contributed by atoms with E-state index in [4.69, 9.17) is 11.6 Å². The number of hydrogen-bond acceptors (Lipinski definition) is 3. The molecule has 1 fully saturated rings. The number of aromatic amines is 2. The molecule has 0 aliphatic carbocycles. The highest BCUT2D eigenvalue weighted by Gasteiger charge is 2.32. The first kappa shape index (κ1) is 15.2. The van der Waals surface area contributed by atoms with Gasteiger partial charge in [0.25, 0.3) is 5.91 Å². The third kappa shape index (κ3) is 2.29. The molecule has 24 heavy (non-hydrogen) atoms. The lowest BCUT2D eigenvalue weighted by Crippen LogP contribution is -2.38. The minimum Gasteiger partial charge on any atom is -0.357 e. The molecule has 0 bridgehead atoms. The molecule has 0 spiro atoms. The highest BCUT2D eigenvalue weighted by molar-refractivity contribution is 6.36. The Labute approximate surface area is 144 Å². The van der Waals surface area contributed by atoms with Crippen molar-refractivity contribution >= 4 is 28.5 Å². The van der Waals surface area contributed by atoms with Gasteiger partial charge in [0.1, 0.15) is 17.7 Å². The first-order valence-corrected chi connectivity index (χ1v) is 8.43. The standard InChI is InChI=1S/C17H18ClN5O/c1-9-3-4-10(2)23(9)17(24)13-5-11(6-19-13)15-14-12(18)7-20-16(14)22-8-21-15/h5-10,19H,3-4H2,1-2H3,(H,20,21,22)/t9-,10-/m1/s1. The summed E-state index contributed by atoms with van der Waals surface area (Å²) in [5.41, 5.74) is 2.79. The van der Waals surface area contributed by atoms with Gasteiger partial charge in [-0.2, -0.15) is 0 Å². The molecule has 3 aromatic rings. The van der Waals surface area contributed by atoms with Gasteiger partial charge in [0.2, 0.25) is 0 Å². The van der Waals surface area contributed by atoms with E-state index in [1.54, 1.807) is 12.4 Å². The summed E-state index contributed by atoms with van der Waals surface area (Å²) in [5.74, 6) is 0.0317. The van der Waals surface area contributed by atoms with Crippen LogP contribution in [0.4, 0.5) is 0 Å². The number of carbonyl (C=O) groups is 1. The number of fused-ring (bicyclic) bond motifs is 1. The molecule has 2 N–H and O–H groups in total. The Hall–Kier alpha value is -2.34. The summed E-state index contributed by atoms with van der Waals surface area (Å²) in [7, 11) is 0. The largest absolute Gasteiger partial charge is 0.357 e. The zero-order valence-corrected chi connectivity index (χ0v) is 14.3. The highest BCUT2D eigenvalue weighted by atomic mass is 35.5. The maximum atomic E-state index is 12.8. The predicted molar refractivity (Wildman–Crippen MR) is 93.0 cm³/mol. The van der Waals surface area contributed by atoms with Crippen LogP contribution in [0.15, 0.2) is 24.8 Å². The lowest BCUT2D eigenvalue weighted by molar-refractivity contribution is 0.0687. The van der Waals surface area contributed by atoms with Gasteiger partial charge in [-0.1, -0.05) is 11.6 Å². The van der Waals surface area contributed by atoms with Crippen LogP contribution in [-0.4, -0.2) is 42.8 Å². The third-order valence-electron chi connectivity index (χ3n) is 4.80. The van der Waals surface area contributed by atoms with Gasteiger partial charge in [-0.05, 0) is 32.8 Å². The Balaban J connectivity index is 1.72. The van der Waals surface area contributed by atoms with E-state index < -0.39 is 0 Å². The molecule has 1 saturated heterocycles. The van der Waals surface area contributed by atoms with Gasteiger partial charge in [0, 0.05) is 30.0 Å². The van der Waals surface area contributed by atoms with Crippen molar-refractivity contribution < 1.29 is 4.79 Å². The average Bonchev–Trinajstić information content (AvgIpc) is 3.27. The van der Waals surface area contributed by atoms with Gasteiger partial charge in [0.15, 0.2) is 0 Å². The monoisotopic (exact) mass is 343 g/mol. The SMILES string of the molecule is C[C@@H]1CC[C@@H](C)N1C(=O)c1cc(-c2ncnc3[nH]cc(Cl)c23)c[nH]1. The normalized spacial score (nSPS) is 20.9. The smallest absolute Gasteiger partial charge is 0.270 e. The number of carbonyl (C=O) groups excluding carboxylic acids is 1. The number of rotatable bonds is 2. The van der Waals surface area contributed by atoms with Gasteiger partial charge in [-0.25, -0.2) is 9.97 Å². The first-order valence-electron chi connectivity index (χ1n) is 8.05. The van der Waals surface area contributed by atoms with Crippen LogP contribution in [0.1, 0.15) is 37.2 Å². The maximum absolute atomic E-state index is 12.8. The molecule has 4 rings (SSSR count). The van der Waals surface area contributed by atoms with Crippen molar-refractivity contribution in [3.8, 4) is 11.3 Å². The molecule has 6 nitrogen and oxygen atoms in total. The van der Waals surface area contributed by atoms with E-state index in [2.05, 4.69) is 33.8 Å². The number of amides is 1. The molecule has 0 saturated carbocycles. The molecule has 3 aromatic heterocycles. The molecular formula is C17H18ClN5O. The Morgan fingerprint density at radius 3 is 2.71 bits per heavy atom. The van der Waals surface area contributed by atoms with Crippen molar-refractivity contribution in [2.75, 3.05) is 0 Å². The Morgan fingerprint density at radius 2 is 1.96 bits per heavy atom. The molecule has 0 radical (unpaired) electrons. The fraction of sp³-hybridized carbons (Fsp3) is 0.353. The van der Waals surface area contributed by atoms with Gasteiger partial charge in [-0.15, -0.1) is 0 Å². The fourth-order valence-electron chi connectivity index (χ4n) is 3.53. The van der Waals surface area contributed by atoms with Crippen LogP contribution >= 0.6 is 11.6 Å². The minimum absolute atomic E-state index is 0.0317. The summed E-state index contributed by atoms with van der Waals surface area (Å²) < 4.78 is 0. The topological polar surface area (TPSA) is 77.7 Å². The van der Waals surface area contributed by atoms with E-state index >= 15 is 0 Å². The summed E-state index contributed by atoms with van der Waals surface area (Å²) in [4.78, 5) is 29.4. The maximum Gasteiger partial charge on any atom is 0.270 e. The van der Waals surface area contributed by atoms with Crippen molar-refractivity contribution in [2.45, 2.75) is 38.8 Å². The fourth-order valence-corrected chi connectivity index (χ4v) is 3.77. The molecule has 124 valence electrons. The van der Waals surface area contributed by atoms with Crippen LogP contribution < -0.4 is 0 Å². The summed E-state index contributed by atoms with van der Waals surface area (Å²) in [5, 5.41) is 1.33. The van der Waals surface area contributed by atoms with Crippen molar-refractivity contribution in [3.63, 3.8) is 0 Å². The van der Waals surface area contributed by atoms with Crippen molar-refractivity contribution in [1.29, 1.82) is 0 Å². The Bertz CT molecular complexity index is 905. The molecule has 0 unspecified atom stereocenters. The van der Waals surface area contributed by atoms with Crippen molar-refractivity contribution in [2.24, 2.45) is 0 Å². The lowest BCUT2D eigenvalue weighted by atomic mass is 10.1. The Kier molecular flexibility index (Phi) is 3.57. The van der Waals surface area contributed by atoms with Crippen LogP contribution in [0.5, 0.6) is 0 Å². The van der Waals surface area contributed by atoms with E-state index in [0.717, 1.165) is 23.8 Å². The molecule has 7 heteroatoms. The molecule has 1 aliphatic rings. The second kappa shape index (κ2) is 5.63. The minimum atomic E-state index is 0.0317. The number of likely N-dealkylation sites (tertiary alicyclic amines) is 1. The summed E-state index contributed by atoms with van der Waals surface area (Å²) in [6.45, 7) is 4.19. The van der Waals surface area contributed by atoms with Crippen LogP contribution in [0.2, 0.25) is 5.02 Å². The highest BCUT2D eigenvalue weighted by Crippen LogP contribution is 2.32. The quantitative estimate of drug-likeness (QED) is 0.746. The molecule has 4 heterocycles. The van der Waals surface area contributed by atoms with Crippen LogP contribution in [0.3, 0.4) is 0 Å². The number of H-pyrrole nitrogens is 2. The zero-order valence-electron chi connectivity index (χ0n) is 13.5. The van der Waals surface area contributed by atoms with Crippen LogP contribution in [0.25, 0.3) is 22.3 Å².